The standard InChI is InChI=1S/C11H13BrN2O5S/c1-6(10(13)15)19-11(16)8-5-7(3-4-9(8)12)20(17,18)14-2/h3-6,14H,1-2H3,(H2,13,15)/t6-/m0/s1. The van der Waals surface area contributed by atoms with Gasteiger partial charge in [-0.05, 0) is 48.1 Å². The zero-order valence-corrected chi connectivity index (χ0v) is 13.1. The summed E-state index contributed by atoms with van der Waals surface area (Å²) in [5.41, 5.74) is 4.97. The summed E-state index contributed by atoms with van der Waals surface area (Å²) < 4.78 is 30.6. The first-order valence-electron chi connectivity index (χ1n) is 5.42. The quantitative estimate of drug-likeness (QED) is 0.733. The van der Waals surface area contributed by atoms with Gasteiger partial charge in [0.2, 0.25) is 10.0 Å². The summed E-state index contributed by atoms with van der Waals surface area (Å²) >= 11 is 3.11. The third-order valence-corrected chi connectivity index (χ3v) is 4.52. The number of halogens is 1. The van der Waals surface area contributed by atoms with Gasteiger partial charge in [0.25, 0.3) is 5.91 Å². The van der Waals surface area contributed by atoms with Crippen LogP contribution in [0.1, 0.15) is 17.3 Å². The molecule has 0 fully saturated rings. The minimum atomic E-state index is -3.69. The monoisotopic (exact) mass is 364 g/mol. The molecule has 0 spiro atoms. The van der Waals surface area contributed by atoms with E-state index in [1.54, 1.807) is 0 Å². The highest BCUT2D eigenvalue weighted by Gasteiger charge is 2.21. The van der Waals surface area contributed by atoms with E-state index >= 15 is 0 Å². The van der Waals surface area contributed by atoms with E-state index in [0.717, 1.165) is 6.07 Å². The average molecular weight is 365 g/mol. The van der Waals surface area contributed by atoms with Crippen molar-refractivity contribution in [2.75, 3.05) is 7.05 Å². The smallest absolute Gasteiger partial charge is 0.340 e. The van der Waals surface area contributed by atoms with Crippen molar-refractivity contribution in [3.63, 3.8) is 0 Å². The zero-order valence-electron chi connectivity index (χ0n) is 10.7. The molecule has 9 heteroatoms. The fraction of sp³-hybridized carbons (Fsp3) is 0.273. The molecule has 7 nitrogen and oxygen atoms in total. The first-order valence-corrected chi connectivity index (χ1v) is 7.70. The number of amides is 1. The molecule has 1 amide bonds. The second-order valence-corrected chi connectivity index (χ2v) is 6.54. The van der Waals surface area contributed by atoms with Crippen LogP contribution in [-0.4, -0.2) is 33.4 Å². The van der Waals surface area contributed by atoms with Crippen LogP contribution in [0.25, 0.3) is 0 Å². The number of carbonyl (C=O) groups is 2. The molecular formula is C11H13BrN2O5S. The summed E-state index contributed by atoms with van der Waals surface area (Å²) in [5, 5.41) is 0. The molecule has 1 aromatic carbocycles. The molecule has 0 saturated carbocycles. The summed E-state index contributed by atoms with van der Waals surface area (Å²) in [5.74, 6) is -1.65. The number of hydrogen-bond donors (Lipinski definition) is 2. The molecule has 0 bridgehead atoms. The lowest BCUT2D eigenvalue weighted by Gasteiger charge is -2.11. The normalized spacial score (nSPS) is 12.8. The minimum absolute atomic E-state index is 0.0191. The van der Waals surface area contributed by atoms with E-state index in [1.165, 1.54) is 26.1 Å². The fourth-order valence-electron chi connectivity index (χ4n) is 1.23. The van der Waals surface area contributed by atoms with Crippen molar-refractivity contribution in [1.29, 1.82) is 0 Å². The van der Waals surface area contributed by atoms with Crippen LogP contribution in [-0.2, 0) is 19.6 Å². The molecule has 1 aromatic rings. The van der Waals surface area contributed by atoms with E-state index in [4.69, 9.17) is 10.5 Å². The molecule has 0 saturated heterocycles. The van der Waals surface area contributed by atoms with Crippen LogP contribution >= 0.6 is 15.9 Å². The Morgan fingerprint density at radius 2 is 2.00 bits per heavy atom. The van der Waals surface area contributed by atoms with Crippen molar-refractivity contribution >= 4 is 37.8 Å². The molecule has 0 heterocycles. The number of benzene rings is 1. The maximum Gasteiger partial charge on any atom is 0.340 e. The van der Waals surface area contributed by atoms with Gasteiger partial charge in [-0.15, -0.1) is 0 Å². The third-order valence-electron chi connectivity index (χ3n) is 2.42. The molecule has 1 atom stereocenters. The molecule has 110 valence electrons. The van der Waals surface area contributed by atoms with E-state index in [9.17, 15) is 18.0 Å². The highest BCUT2D eigenvalue weighted by Crippen LogP contribution is 2.22. The maximum absolute atomic E-state index is 11.9. The lowest BCUT2D eigenvalue weighted by Crippen LogP contribution is -2.30. The summed E-state index contributed by atoms with van der Waals surface area (Å²) in [4.78, 5) is 22.6. The van der Waals surface area contributed by atoms with Crippen molar-refractivity contribution in [1.82, 2.24) is 4.72 Å². The number of carbonyl (C=O) groups excluding carboxylic acids is 2. The Bertz CT molecular complexity index is 644. The summed E-state index contributed by atoms with van der Waals surface area (Å²) in [6.07, 6.45) is -1.11. The van der Waals surface area contributed by atoms with E-state index in [0.29, 0.717) is 4.47 Å². The first kappa shape index (κ1) is 16.6. The van der Waals surface area contributed by atoms with E-state index < -0.39 is 28.0 Å². The number of hydrogen-bond acceptors (Lipinski definition) is 5. The van der Waals surface area contributed by atoms with E-state index in [2.05, 4.69) is 20.7 Å². The average Bonchev–Trinajstić information content (AvgIpc) is 2.38. The highest BCUT2D eigenvalue weighted by atomic mass is 79.9. The fourth-order valence-corrected chi connectivity index (χ4v) is 2.39. The number of nitrogens with two attached hydrogens (primary N) is 1. The second-order valence-electron chi connectivity index (χ2n) is 3.80. The Balaban J connectivity index is 3.15. The van der Waals surface area contributed by atoms with Gasteiger partial charge in [-0.1, -0.05) is 0 Å². The van der Waals surface area contributed by atoms with Crippen LogP contribution in [0.5, 0.6) is 0 Å². The lowest BCUT2D eigenvalue weighted by molar-refractivity contribution is -0.125. The summed E-state index contributed by atoms with van der Waals surface area (Å²) in [6.45, 7) is 1.32. The number of rotatable bonds is 5. The van der Waals surface area contributed by atoms with Gasteiger partial charge in [-0.25, -0.2) is 17.9 Å². The van der Waals surface area contributed by atoms with E-state index in [1.807, 2.05) is 0 Å². The molecule has 0 radical (unpaired) electrons. The Morgan fingerprint density at radius 3 is 2.50 bits per heavy atom. The number of esters is 1. The largest absolute Gasteiger partial charge is 0.449 e. The molecule has 1 rings (SSSR count). The predicted molar refractivity (Wildman–Crippen MR) is 74.5 cm³/mol. The minimum Gasteiger partial charge on any atom is -0.449 e. The van der Waals surface area contributed by atoms with Gasteiger partial charge >= 0.3 is 5.97 Å². The van der Waals surface area contributed by atoms with Crippen molar-refractivity contribution in [3.8, 4) is 0 Å². The second kappa shape index (κ2) is 6.33. The van der Waals surface area contributed by atoms with Gasteiger partial charge < -0.3 is 10.5 Å². The topological polar surface area (TPSA) is 116 Å². The number of primary amides is 1. The van der Waals surface area contributed by atoms with Gasteiger partial charge in [0, 0.05) is 4.47 Å². The first-order chi connectivity index (χ1) is 9.19. The van der Waals surface area contributed by atoms with Crippen molar-refractivity contribution in [3.05, 3.63) is 28.2 Å². The Morgan fingerprint density at radius 1 is 1.40 bits per heavy atom. The van der Waals surface area contributed by atoms with Crippen LogP contribution in [0.15, 0.2) is 27.6 Å². The van der Waals surface area contributed by atoms with Gasteiger partial charge in [0.15, 0.2) is 6.10 Å². The Hall–Kier alpha value is -1.45. The molecule has 0 aromatic heterocycles. The third kappa shape index (κ3) is 3.78. The lowest BCUT2D eigenvalue weighted by atomic mass is 10.2. The molecule has 3 N–H and O–H groups in total. The van der Waals surface area contributed by atoms with Crippen molar-refractivity contribution in [2.45, 2.75) is 17.9 Å². The van der Waals surface area contributed by atoms with Crippen LogP contribution in [0.4, 0.5) is 0 Å². The maximum atomic E-state index is 11.9. The predicted octanol–water partition coefficient (Wildman–Crippen LogP) is 0.388. The Kier molecular flexibility index (Phi) is 5.26. The number of nitrogens with one attached hydrogen (secondary N) is 1. The number of sulfonamides is 1. The van der Waals surface area contributed by atoms with Gasteiger partial charge in [-0.2, -0.15) is 0 Å². The van der Waals surface area contributed by atoms with E-state index in [-0.39, 0.29) is 10.5 Å². The van der Waals surface area contributed by atoms with Crippen LogP contribution in [0.3, 0.4) is 0 Å². The summed E-state index contributed by atoms with van der Waals surface area (Å²) in [6, 6.07) is 3.87. The molecule has 0 aliphatic carbocycles. The van der Waals surface area contributed by atoms with Gasteiger partial charge in [-0.3, -0.25) is 4.79 Å². The summed E-state index contributed by atoms with van der Waals surface area (Å²) in [7, 11) is -2.43. The van der Waals surface area contributed by atoms with Crippen LogP contribution < -0.4 is 10.5 Å². The van der Waals surface area contributed by atoms with Gasteiger partial charge in [0.05, 0.1) is 10.5 Å². The molecular weight excluding hydrogens is 352 g/mol. The highest BCUT2D eigenvalue weighted by molar-refractivity contribution is 9.10. The van der Waals surface area contributed by atoms with Crippen molar-refractivity contribution < 1.29 is 22.7 Å². The molecule has 0 aliphatic heterocycles. The van der Waals surface area contributed by atoms with Crippen molar-refractivity contribution in [2.24, 2.45) is 5.73 Å². The van der Waals surface area contributed by atoms with Crippen LogP contribution in [0.2, 0.25) is 0 Å². The molecule has 20 heavy (non-hydrogen) atoms. The molecule has 0 unspecified atom stereocenters. The van der Waals surface area contributed by atoms with Crippen LogP contribution in [0, 0.1) is 0 Å². The molecule has 0 aliphatic rings. The number of ether oxygens (including phenoxy) is 1. The SMILES string of the molecule is CNS(=O)(=O)c1ccc(Br)c(C(=O)O[C@@H](C)C(N)=O)c1. The zero-order chi connectivity index (χ0) is 15.5. The Labute approximate surface area is 124 Å². The van der Waals surface area contributed by atoms with Gasteiger partial charge in [0.1, 0.15) is 0 Å².